The van der Waals surface area contributed by atoms with Gasteiger partial charge in [-0.2, -0.15) is 0 Å². The number of hydrogen-bond donors (Lipinski definition) is 1. The van der Waals surface area contributed by atoms with E-state index in [4.69, 9.17) is 5.73 Å². The molecule has 0 aromatic heterocycles. The molecule has 3 nitrogen and oxygen atoms in total. The minimum atomic E-state index is -0.362. The molecule has 0 fully saturated rings. The maximum Gasteiger partial charge on any atom is 0.220 e. The standard InChI is InChI=1S/C9H17NO2/c1-6(2)4-8(9(10)12)5-7(3)11/h6,8H,4-5H2,1-3H3,(H2,10,12). The van der Waals surface area contributed by atoms with E-state index in [0.29, 0.717) is 12.3 Å². The van der Waals surface area contributed by atoms with Crippen LogP contribution >= 0.6 is 0 Å². The molecule has 0 aromatic rings. The smallest absolute Gasteiger partial charge is 0.220 e. The second kappa shape index (κ2) is 4.91. The van der Waals surface area contributed by atoms with Crippen molar-refractivity contribution in [3.05, 3.63) is 0 Å². The number of rotatable bonds is 5. The third-order valence-corrected chi connectivity index (χ3v) is 1.69. The molecular weight excluding hydrogens is 154 g/mol. The predicted octanol–water partition coefficient (Wildman–Crippen LogP) is 1.11. The van der Waals surface area contributed by atoms with Crippen LogP contribution in [0.3, 0.4) is 0 Å². The molecule has 0 aromatic carbocycles. The zero-order valence-corrected chi connectivity index (χ0v) is 7.96. The van der Waals surface area contributed by atoms with Gasteiger partial charge in [-0.05, 0) is 19.3 Å². The van der Waals surface area contributed by atoms with Gasteiger partial charge >= 0.3 is 0 Å². The summed E-state index contributed by atoms with van der Waals surface area (Å²) in [6.07, 6.45) is 0.989. The lowest BCUT2D eigenvalue weighted by Gasteiger charge is -2.13. The van der Waals surface area contributed by atoms with Gasteiger partial charge in [-0.15, -0.1) is 0 Å². The summed E-state index contributed by atoms with van der Waals surface area (Å²) >= 11 is 0. The zero-order valence-electron chi connectivity index (χ0n) is 7.96. The SMILES string of the molecule is CC(=O)CC(CC(C)C)C(N)=O. The van der Waals surface area contributed by atoms with E-state index in [1.54, 1.807) is 0 Å². The molecule has 70 valence electrons. The summed E-state index contributed by atoms with van der Waals surface area (Å²) < 4.78 is 0. The molecule has 1 atom stereocenters. The quantitative estimate of drug-likeness (QED) is 0.673. The number of nitrogens with two attached hydrogens (primary N) is 1. The summed E-state index contributed by atoms with van der Waals surface area (Å²) in [7, 11) is 0. The predicted molar refractivity (Wildman–Crippen MR) is 47.4 cm³/mol. The highest BCUT2D eigenvalue weighted by Crippen LogP contribution is 2.14. The van der Waals surface area contributed by atoms with Crippen LogP contribution in [0.4, 0.5) is 0 Å². The largest absolute Gasteiger partial charge is 0.369 e. The van der Waals surface area contributed by atoms with Crippen LogP contribution in [0.2, 0.25) is 0 Å². The minimum Gasteiger partial charge on any atom is -0.369 e. The molecule has 0 aliphatic heterocycles. The van der Waals surface area contributed by atoms with Gasteiger partial charge in [0, 0.05) is 12.3 Å². The van der Waals surface area contributed by atoms with Crippen molar-refractivity contribution in [1.82, 2.24) is 0 Å². The first-order valence-corrected chi connectivity index (χ1v) is 4.22. The van der Waals surface area contributed by atoms with Gasteiger partial charge in [-0.3, -0.25) is 4.79 Å². The summed E-state index contributed by atoms with van der Waals surface area (Å²) in [4.78, 5) is 21.6. The summed E-state index contributed by atoms with van der Waals surface area (Å²) in [5.41, 5.74) is 5.14. The molecule has 0 bridgehead atoms. The third kappa shape index (κ3) is 4.88. The Balaban J connectivity index is 4.04. The second-order valence-electron chi connectivity index (χ2n) is 3.63. The first kappa shape index (κ1) is 11.1. The van der Waals surface area contributed by atoms with Gasteiger partial charge in [-0.25, -0.2) is 0 Å². The first-order valence-electron chi connectivity index (χ1n) is 4.22. The fraction of sp³-hybridized carbons (Fsp3) is 0.778. The van der Waals surface area contributed by atoms with Crippen LogP contribution in [-0.2, 0) is 9.59 Å². The van der Waals surface area contributed by atoms with E-state index in [2.05, 4.69) is 0 Å². The molecule has 1 unspecified atom stereocenters. The number of hydrogen-bond acceptors (Lipinski definition) is 2. The maximum absolute atomic E-state index is 10.8. The van der Waals surface area contributed by atoms with Crippen LogP contribution in [0.5, 0.6) is 0 Å². The van der Waals surface area contributed by atoms with Gasteiger partial charge in [0.2, 0.25) is 5.91 Å². The molecule has 0 aliphatic carbocycles. The van der Waals surface area contributed by atoms with E-state index >= 15 is 0 Å². The van der Waals surface area contributed by atoms with E-state index in [9.17, 15) is 9.59 Å². The van der Waals surface area contributed by atoms with E-state index in [0.717, 1.165) is 0 Å². The number of carbonyl (C=O) groups is 2. The summed E-state index contributed by atoms with van der Waals surface area (Å²) in [5, 5.41) is 0. The Kier molecular flexibility index (Phi) is 4.55. The average Bonchev–Trinajstić information content (AvgIpc) is 1.83. The van der Waals surface area contributed by atoms with Gasteiger partial charge in [0.05, 0.1) is 0 Å². The van der Waals surface area contributed by atoms with Crippen LogP contribution in [0.15, 0.2) is 0 Å². The van der Waals surface area contributed by atoms with E-state index in [1.165, 1.54) is 6.92 Å². The maximum atomic E-state index is 10.8. The number of primary amides is 1. The van der Waals surface area contributed by atoms with Crippen molar-refractivity contribution in [2.45, 2.75) is 33.6 Å². The van der Waals surface area contributed by atoms with Crippen LogP contribution in [0.25, 0.3) is 0 Å². The summed E-state index contributed by atoms with van der Waals surface area (Å²) in [6, 6.07) is 0. The summed E-state index contributed by atoms with van der Waals surface area (Å²) in [5.74, 6) is -0.206. The molecule has 12 heavy (non-hydrogen) atoms. The van der Waals surface area contributed by atoms with E-state index < -0.39 is 0 Å². The fourth-order valence-corrected chi connectivity index (χ4v) is 1.22. The van der Waals surface area contributed by atoms with Gasteiger partial charge < -0.3 is 10.5 Å². The van der Waals surface area contributed by atoms with Gasteiger partial charge in [0.15, 0.2) is 0 Å². The van der Waals surface area contributed by atoms with Crippen LogP contribution < -0.4 is 5.73 Å². The normalized spacial score (nSPS) is 13.0. The highest BCUT2D eigenvalue weighted by atomic mass is 16.1. The third-order valence-electron chi connectivity index (χ3n) is 1.69. The topological polar surface area (TPSA) is 60.2 Å². The van der Waals surface area contributed by atoms with Crippen molar-refractivity contribution in [2.24, 2.45) is 17.6 Å². The molecule has 0 saturated carbocycles. The van der Waals surface area contributed by atoms with Crippen molar-refractivity contribution in [1.29, 1.82) is 0 Å². The van der Waals surface area contributed by atoms with E-state index in [1.807, 2.05) is 13.8 Å². The molecule has 2 N–H and O–H groups in total. The molecule has 0 rings (SSSR count). The van der Waals surface area contributed by atoms with Crippen LogP contribution in [-0.4, -0.2) is 11.7 Å². The van der Waals surface area contributed by atoms with Gasteiger partial charge in [0.25, 0.3) is 0 Å². The summed E-state index contributed by atoms with van der Waals surface area (Å²) in [6.45, 7) is 5.50. The van der Waals surface area contributed by atoms with Crippen molar-refractivity contribution in [3.8, 4) is 0 Å². The van der Waals surface area contributed by atoms with Gasteiger partial charge in [-0.1, -0.05) is 13.8 Å². The monoisotopic (exact) mass is 171 g/mol. The van der Waals surface area contributed by atoms with Crippen molar-refractivity contribution in [3.63, 3.8) is 0 Å². The Labute approximate surface area is 73.3 Å². The fourth-order valence-electron chi connectivity index (χ4n) is 1.22. The molecule has 0 spiro atoms. The van der Waals surface area contributed by atoms with Crippen molar-refractivity contribution >= 4 is 11.7 Å². The number of amides is 1. The Morgan fingerprint density at radius 3 is 2.08 bits per heavy atom. The average molecular weight is 171 g/mol. The minimum absolute atomic E-state index is 0.0273. The highest BCUT2D eigenvalue weighted by molar-refractivity contribution is 5.84. The van der Waals surface area contributed by atoms with Crippen molar-refractivity contribution < 1.29 is 9.59 Å². The molecule has 0 heterocycles. The number of Topliss-reactive ketones (excluding diaryl/α,β-unsaturated/α-hetero) is 1. The zero-order chi connectivity index (χ0) is 9.72. The lowest BCUT2D eigenvalue weighted by atomic mass is 9.92. The van der Waals surface area contributed by atoms with Gasteiger partial charge in [0.1, 0.15) is 5.78 Å². The van der Waals surface area contributed by atoms with E-state index in [-0.39, 0.29) is 24.0 Å². The Morgan fingerprint density at radius 1 is 1.33 bits per heavy atom. The highest BCUT2D eigenvalue weighted by Gasteiger charge is 2.18. The lowest BCUT2D eigenvalue weighted by molar-refractivity contribution is -0.127. The van der Waals surface area contributed by atoms with Crippen molar-refractivity contribution in [2.75, 3.05) is 0 Å². The Morgan fingerprint density at radius 2 is 1.83 bits per heavy atom. The molecule has 0 aliphatic rings. The molecule has 3 heteroatoms. The first-order chi connectivity index (χ1) is 5.43. The molecule has 0 radical (unpaired) electrons. The van der Waals surface area contributed by atoms with Crippen LogP contribution in [0, 0.1) is 11.8 Å². The Hall–Kier alpha value is -0.860. The van der Waals surface area contributed by atoms with Crippen LogP contribution in [0.1, 0.15) is 33.6 Å². The molecule has 0 saturated heterocycles. The number of carbonyl (C=O) groups excluding carboxylic acids is 2. The second-order valence-corrected chi connectivity index (χ2v) is 3.63. The lowest BCUT2D eigenvalue weighted by Crippen LogP contribution is -2.26. The Bertz CT molecular complexity index is 175. The molecule has 1 amide bonds. The number of ketones is 1. The molecular formula is C9H17NO2.